The molecule has 0 aliphatic carbocycles. The molecule has 2 heterocycles. The molecule has 23 heavy (non-hydrogen) atoms. The van der Waals surface area contributed by atoms with E-state index in [4.69, 9.17) is 0 Å². The molecule has 1 aromatic heterocycles. The molecule has 7 heteroatoms. The topological polar surface area (TPSA) is 78.1 Å². The van der Waals surface area contributed by atoms with E-state index in [0.717, 1.165) is 42.1 Å². The van der Waals surface area contributed by atoms with Crippen LogP contribution in [0.25, 0.3) is 11.0 Å². The summed E-state index contributed by atoms with van der Waals surface area (Å²) < 4.78 is 0. The van der Waals surface area contributed by atoms with Crippen LogP contribution in [0.3, 0.4) is 0 Å². The monoisotopic (exact) mass is 332 g/mol. The van der Waals surface area contributed by atoms with E-state index in [-0.39, 0.29) is 17.9 Å². The summed E-state index contributed by atoms with van der Waals surface area (Å²) >= 11 is 1.41. The summed E-state index contributed by atoms with van der Waals surface area (Å²) in [5.74, 6) is 0.458. The summed E-state index contributed by atoms with van der Waals surface area (Å²) in [5.41, 5.74) is 1.89. The maximum Gasteiger partial charge on any atom is 0.230 e. The minimum absolute atomic E-state index is 0.0109. The quantitative estimate of drug-likeness (QED) is 0.837. The molecule has 122 valence electrons. The van der Waals surface area contributed by atoms with Gasteiger partial charge in [0, 0.05) is 26.1 Å². The van der Waals surface area contributed by atoms with Gasteiger partial charge in [0.15, 0.2) is 5.16 Å². The number of benzene rings is 1. The molecule has 0 spiro atoms. The second kappa shape index (κ2) is 7.04. The van der Waals surface area contributed by atoms with Crippen molar-refractivity contribution in [3.05, 3.63) is 24.3 Å². The first kappa shape index (κ1) is 15.9. The second-order valence-corrected chi connectivity index (χ2v) is 6.66. The molecule has 1 fully saturated rings. The van der Waals surface area contributed by atoms with Crippen molar-refractivity contribution in [2.75, 3.05) is 18.8 Å². The van der Waals surface area contributed by atoms with Crippen LogP contribution in [0, 0.1) is 0 Å². The van der Waals surface area contributed by atoms with Gasteiger partial charge in [-0.1, -0.05) is 23.9 Å². The summed E-state index contributed by atoms with van der Waals surface area (Å²) in [5, 5.41) is 3.80. The zero-order valence-corrected chi connectivity index (χ0v) is 13.9. The van der Waals surface area contributed by atoms with Crippen molar-refractivity contribution < 1.29 is 9.59 Å². The number of thioether (sulfide) groups is 1. The van der Waals surface area contributed by atoms with Gasteiger partial charge in [-0.2, -0.15) is 0 Å². The van der Waals surface area contributed by atoms with Gasteiger partial charge in [-0.25, -0.2) is 4.98 Å². The maximum atomic E-state index is 12.1. The Morgan fingerprint density at radius 1 is 1.35 bits per heavy atom. The average Bonchev–Trinajstić information content (AvgIpc) is 2.96. The number of amides is 2. The highest BCUT2D eigenvalue weighted by molar-refractivity contribution is 7.99. The van der Waals surface area contributed by atoms with Crippen LogP contribution in [-0.2, 0) is 9.59 Å². The number of imidazole rings is 1. The number of nitrogens with one attached hydrogen (secondary N) is 2. The molecule has 2 amide bonds. The van der Waals surface area contributed by atoms with E-state index in [1.807, 2.05) is 29.2 Å². The molecule has 1 aromatic carbocycles. The predicted molar refractivity (Wildman–Crippen MR) is 90.2 cm³/mol. The Bertz CT molecular complexity index is 674. The van der Waals surface area contributed by atoms with Crippen LogP contribution >= 0.6 is 11.8 Å². The molecule has 0 unspecified atom stereocenters. The number of hydrogen-bond donors (Lipinski definition) is 2. The molecule has 2 aromatic rings. The Hall–Kier alpha value is -2.02. The molecule has 0 radical (unpaired) electrons. The zero-order valence-electron chi connectivity index (χ0n) is 13.0. The van der Waals surface area contributed by atoms with Crippen LogP contribution < -0.4 is 5.32 Å². The Morgan fingerprint density at radius 2 is 2.09 bits per heavy atom. The first-order chi connectivity index (χ1) is 11.1. The highest BCUT2D eigenvalue weighted by Gasteiger charge is 2.21. The average molecular weight is 332 g/mol. The lowest BCUT2D eigenvalue weighted by Crippen LogP contribution is -2.46. The molecule has 6 nitrogen and oxygen atoms in total. The van der Waals surface area contributed by atoms with Crippen molar-refractivity contribution >= 4 is 34.6 Å². The van der Waals surface area contributed by atoms with Crippen LogP contribution in [0.15, 0.2) is 29.4 Å². The minimum Gasteiger partial charge on any atom is -0.353 e. The van der Waals surface area contributed by atoms with E-state index >= 15 is 0 Å². The standard InChI is InChI=1S/C16H20N4O2S/c1-11(21)20-8-6-12(7-9-20)17-15(22)10-23-16-18-13-4-2-3-5-14(13)19-16/h2-5,12H,6-10H2,1H3,(H,17,22)(H,18,19). The number of piperidine rings is 1. The summed E-state index contributed by atoms with van der Waals surface area (Å²) in [6.07, 6.45) is 1.64. The maximum absolute atomic E-state index is 12.1. The van der Waals surface area contributed by atoms with Gasteiger partial charge >= 0.3 is 0 Å². The Labute approximate surface area is 139 Å². The van der Waals surface area contributed by atoms with E-state index in [1.165, 1.54) is 11.8 Å². The van der Waals surface area contributed by atoms with Gasteiger partial charge in [-0.15, -0.1) is 0 Å². The largest absolute Gasteiger partial charge is 0.353 e. The molecular formula is C16H20N4O2S. The van der Waals surface area contributed by atoms with Crippen LogP contribution in [0.1, 0.15) is 19.8 Å². The molecule has 1 saturated heterocycles. The van der Waals surface area contributed by atoms with E-state index in [9.17, 15) is 9.59 Å². The highest BCUT2D eigenvalue weighted by atomic mass is 32.2. The summed E-state index contributed by atoms with van der Waals surface area (Å²) in [6, 6.07) is 7.97. The second-order valence-electron chi connectivity index (χ2n) is 5.70. The number of rotatable bonds is 4. The van der Waals surface area contributed by atoms with Crippen molar-refractivity contribution in [1.29, 1.82) is 0 Å². The normalized spacial score (nSPS) is 15.8. The number of para-hydroxylation sites is 2. The third-order valence-corrected chi connectivity index (χ3v) is 4.89. The number of nitrogens with zero attached hydrogens (tertiary/aromatic N) is 2. The Morgan fingerprint density at radius 3 is 2.78 bits per heavy atom. The van der Waals surface area contributed by atoms with Gasteiger partial charge in [0.05, 0.1) is 16.8 Å². The third-order valence-electron chi connectivity index (χ3n) is 4.01. The zero-order chi connectivity index (χ0) is 16.2. The Balaban J connectivity index is 1.45. The molecular weight excluding hydrogens is 312 g/mol. The van der Waals surface area contributed by atoms with E-state index in [0.29, 0.717) is 5.75 Å². The number of aromatic nitrogens is 2. The van der Waals surface area contributed by atoms with Crippen LogP contribution in [-0.4, -0.2) is 51.6 Å². The summed E-state index contributed by atoms with van der Waals surface area (Å²) in [7, 11) is 0. The predicted octanol–water partition coefficient (Wildman–Crippen LogP) is 1.78. The Kier molecular flexibility index (Phi) is 4.85. The fraction of sp³-hybridized carbons (Fsp3) is 0.438. The number of hydrogen-bond acceptors (Lipinski definition) is 4. The van der Waals surface area contributed by atoms with Crippen molar-refractivity contribution in [3.63, 3.8) is 0 Å². The molecule has 1 aliphatic heterocycles. The first-order valence-corrected chi connectivity index (χ1v) is 8.73. The van der Waals surface area contributed by atoms with Gasteiger partial charge in [0.25, 0.3) is 0 Å². The number of aromatic amines is 1. The molecule has 0 bridgehead atoms. The summed E-state index contributed by atoms with van der Waals surface area (Å²) in [6.45, 7) is 3.02. The third kappa shape index (κ3) is 4.04. The lowest BCUT2D eigenvalue weighted by molar-refractivity contribution is -0.130. The molecule has 3 rings (SSSR count). The van der Waals surface area contributed by atoms with Gasteiger partial charge < -0.3 is 15.2 Å². The highest BCUT2D eigenvalue weighted by Crippen LogP contribution is 2.19. The number of carbonyl (C=O) groups is 2. The number of likely N-dealkylation sites (tertiary alicyclic amines) is 1. The van der Waals surface area contributed by atoms with Crippen molar-refractivity contribution in [2.24, 2.45) is 0 Å². The summed E-state index contributed by atoms with van der Waals surface area (Å²) in [4.78, 5) is 32.8. The lowest BCUT2D eigenvalue weighted by atomic mass is 10.1. The van der Waals surface area contributed by atoms with E-state index < -0.39 is 0 Å². The van der Waals surface area contributed by atoms with Crippen molar-refractivity contribution in [3.8, 4) is 0 Å². The van der Waals surface area contributed by atoms with Gasteiger partial charge in [-0.05, 0) is 25.0 Å². The van der Waals surface area contributed by atoms with Crippen molar-refractivity contribution in [1.82, 2.24) is 20.2 Å². The van der Waals surface area contributed by atoms with Gasteiger partial charge in [0.2, 0.25) is 11.8 Å². The van der Waals surface area contributed by atoms with Crippen LogP contribution in [0.2, 0.25) is 0 Å². The molecule has 1 aliphatic rings. The van der Waals surface area contributed by atoms with Crippen LogP contribution in [0.5, 0.6) is 0 Å². The number of fused-ring (bicyclic) bond motifs is 1. The van der Waals surface area contributed by atoms with E-state index in [2.05, 4.69) is 15.3 Å². The fourth-order valence-corrected chi connectivity index (χ4v) is 3.44. The number of H-pyrrole nitrogens is 1. The molecule has 0 atom stereocenters. The van der Waals surface area contributed by atoms with Crippen LogP contribution in [0.4, 0.5) is 0 Å². The SMILES string of the molecule is CC(=O)N1CCC(NC(=O)CSc2nc3ccccc3[nH]2)CC1. The lowest BCUT2D eigenvalue weighted by Gasteiger charge is -2.31. The fourth-order valence-electron chi connectivity index (χ4n) is 2.74. The van der Waals surface area contributed by atoms with Crippen molar-refractivity contribution in [2.45, 2.75) is 31.0 Å². The minimum atomic E-state index is 0.0109. The first-order valence-electron chi connectivity index (χ1n) is 7.74. The molecule has 2 N–H and O–H groups in total. The number of carbonyl (C=O) groups excluding carboxylic acids is 2. The van der Waals surface area contributed by atoms with E-state index in [1.54, 1.807) is 6.92 Å². The smallest absolute Gasteiger partial charge is 0.230 e. The molecule has 0 saturated carbocycles. The van der Waals surface area contributed by atoms with Gasteiger partial charge in [-0.3, -0.25) is 9.59 Å². The van der Waals surface area contributed by atoms with Gasteiger partial charge in [0.1, 0.15) is 0 Å².